The fourth-order valence-electron chi connectivity index (χ4n) is 2.20. The Labute approximate surface area is 133 Å². The number of H-pyrrole nitrogens is 1. The van der Waals surface area contributed by atoms with E-state index in [0.717, 1.165) is 22.4 Å². The average Bonchev–Trinajstić information content (AvgIpc) is 3.10. The Morgan fingerprint density at radius 3 is 2.74 bits per heavy atom. The number of nitrogens with one attached hydrogen (secondary N) is 2. The van der Waals surface area contributed by atoms with Gasteiger partial charge in [0.15, 0.2) is 0 Å². The first kappa shape index (κ1) is 14.8. The predicted molar refractivity (Wildman–Crippen MR) is 87.1 cm³/mol. The van der Waals surface area contributed by atoms with Crippen LogP contribution in [0.4, 0.5) is 5.82 Å². The highest BCUT2D eigenvalue weighted by Crippen LogP contribution is 2.19. The molecular weight excluding hydrogens is 292 g/mol. The molecule has 23 heavy (non-hydrogen) atoms. The average molecular weight is 308 g/mol. The normalized spacial score (nSPS) is 10.3. The lowest BCUT2D eigenvalue weighted by molar-refractivity contribution is -0.115. The maximum absolute atomic E-state index is 12.1. The minimum atomic E-state index is -0.119. The van der Waals surface area contributed by atoms with E-state index in [2.05, 4.69) is 20.5 Å². The fourth-order valence-corrected chi connectivity index (χ4v) is 2.20. The highest BCUT2D eigenvalue weighted by atomic mass is 16.5. The molecule has 3 rings (SSSR count). The molecule has 0 fully saturated rings. The quantitative estimate of drug-likeness (QED) is 0.759. The van der Waals surface area contributed by atoms with E-state index in [0.29, 0.717) is 5.82 Å². The topological polar surface area (TPSA) is 79.9 Å². The minimum Gasteiger partial charge on any atom is -0.497 e. The summed E-state index contributed by atoms with van der Waals surface area (Å²) >= 11 is 0. The van der Waals surface area contributed by atoms with Crippen LogP contribution in [0.3, 0.4) is 0 Å². The Balaban J connectivity index is 1.66. The molecule has 0 aliphatic carbocycles. The van der Waals surface area contributed by atoms with Crippen molar-refractivity contribution >= 4 is 11.7 Å². The monoisotopic (exact) mass is 308 g/mol. The molecule has 116 valence electrons. The maximum Gasteiger partial charge on any atom is 0.229 e. The summed E-state index contributed by atoms with van der Waals surface area (Å²) in [6.07, 6.45) is 5.45. The van der Waals surface area contributed by atoms with Crippen LogP contribution in [0.15, 0.2) is 55.0 Å². The fraction of sp³-hybridized carbons (Fsp3) is 0.118. The maximum atomic E-state index is 12.1. The molecule has 2 heterocycles. The molecule has 0 unspecified atom stereocenters. The van der Waals surface area contributed by atoms with E-state index in [9.17, 15) is 4.79 Å². The number of nitrogens with zero attached hydrogens (tertiary/aromatic N) is 2. The summed E-state index contributed by atoms with van der Waals surface area (Å²) in [5.74, 6) is 1.16. The lowest BCUT2D eigenvalue weighted by Crippen LogP contribution is -2.15. The number of amides is 1. The van der Waals surface area contributed by atoms with Crippen LogP contribution in [0, 0.1) is 0 Å². The van der Waals surface area contributed by atoms with Crippen LogP contribution in [0.5, 0.6) is 5.75 Å². The van der Waals surface area contributed by atoms with E-state index in [-0.39, 0.29) is 12.3 Å². The van der Waals surface area contributed by atoms with Crippen LogP contribution in [0.2, 0.25) is 0 Å². The number of carbonyl (C=O) groups excluding carboxylic acids is 1. The van der Waals surface area contributed by atoms with Gasteiger partial charge in [0, 0.05) is 18.0 Å². The van der Waals surface area contributed by atoms with Gasteiger partial charge in [0.2, 0.25) is 5.91 Å². The molecule has 6 nitrogen and oxygen atoms in total. The van der Waals surface area contributed by atoms with Crippen LogP contribution in [-0.2, 0) is 11.2 Å². The molecule has 3 aromatic rings. The van der Waals surface area contributed by atoms with Crippen molar-refractivity contribution in [3.05, 3.63) is 60.6 Å². The van der Waals surface area contributed by atoms with Gasteiger partial charge in [0.05, 0.1) is 19.7 Å². The van der Waals surface area contributed by atoms with Crippen molar-refractivity contribution < 1.29 is 9.53 Å². The van der Waals surface area contributed by atoms with Crippen LogP contribution >= 0.6 is 0 Å². The number of anilines is 1. The molecule has 0 aliphatic rings. The number of benzene rings is 1. The van der Waals surface area contributed by atoms with Crippen LogP contribution in [0.1, 0.15) is 5.56 Å². The summed E-state index contributed by atoms with van der Waals surface area (Å²) in [6.45, 7) is 0. The third-order valence-electron chi connectivity index (χ3n) is 3.38. The lowest BCUT2D eigenvalue weighted by Gasteiger charge is -2.06. The predicted octanol–water partition coefficient (Wildman–Crippen LogP) is 2.66. The third kappa shape index (κ3) is 3.74. The van der Waals surface area contributed by atoms with Crippen molar-refractivity contribution in [3.63, 3.8) is 0 Å². The molecule has 0 bridgehead atoms. The Morgan fingerprint density at radius 2 is 2.04 bits per heavy atom. The molecule has 0 radical (unpaired) electrons. The van der Waals surface area contributed by atoms with Gasteiger partial charge in [-0.3, -0.25) is 9.89 Å². The zero-order valence-corrected chi connectivity index (χ0v) is 12.6. The van der Waals surface area contributed by atoms with Crippen molar-refractivity contribution in [2.75, 3.05) is 12.4 Å². The number of hydrogen-bond acceptors (Lipinski definition) is 4. The molecule has 0 aliphatic heterocycles. The SMILES string of the molecule is COc1ccc(CC(=O)Nc2cc(-c3cn[nH]c3)ccn2)cc1. The molecule has 1 amide bonds. The number of methoxy groups -OCH3 is 1. The van der Waals surface area contributed by atoms with E-state index in [1.807, 2.05) is 36.4 Å². The summed E-state index contributed by atoms with van der Waals surface area (Å²) in [5, 5.41) is 9.49. The Bertz CT molecular complexity index is 783. The molecule has 2 aromatic heterocycles. The molecule has 0 atom stereocenters. The Hall–Kier alpha value is -3.15. The van der Waals surface area contributed by atoms with Crippen molar-refractivity contribution in [2.45, 2.75) is 6.42 Å². The minimum absolute atomic E-state index is 0.119. The highest BCUT2D eigenvalue weighted by Gasteiger charge is 2.07. The number of rotatable bonds is 5. The second kappa shape index (κ2) is 6.74. The van der Waals surface area contributed by atoms with E-state index in [1.165, 1.54) is 0 Å². The third-order valence-corrected chi connectivity index (χ3v) is 3.38. The van der Waals surface area contributed by atoms with Gasteiger partial charge in [0.1, 0.15) is 11.6 Å². The molecule has 1 aromatic carbocycles. The van der Waals surface area contributed by atoms with E-state index >= 15 is 0 Å². The van der Waals surface area contributed by atoms with Gasteiger partial charge in [-0.2, -0.15) is 5.10 Å². The first-order valence-electron chi connectivity index (χ1n) is 7.12. The van der Waals surface area contributed by atoms with Crippen molar-refractivity contribution in [2.24, 2.45) is 0 Å². The second-order valence-corrected chi connectivity index (χ2v) is 4.99. The number of pyridine rings is 1. The lowest BCUT2D eigenvalue weighted by atomic mass is 10.1. The number of ether oxygens (including phenoxy) is 1. The smallest absolute Gasteiger partial charge is 0.229 e. The second-order valence-electron chi connectivity index (χ2n) is 4.99. The van der Waals surface area contributed by atoms with E-state index in [1.54, 1.807) is 25.7 Å². The first-order chi connectivity index (χ1) is 11.2. The van der Waals surface area contributed by atoms with Crippen molar-refractivity contribution in [1.82, 2.24) is 15.2 Å². The van der Waals surface area contributed by atoms with Gasteiger partial charge < -0.3 is 10.1 Å². The number of aromatic nitrogens is 3. The summed E-state index contributed by atoms with van der Waals surface area (Å²) in [5.41, 5.74) is 2.79. The zero-order chi connectivity index (χ0) is 16.1. The largest absolute Gasteiger partial charge is 0.497 e. The standard InChI is InChI=1S/C17H16N4O2/c1-23-15-4-2-12(3-5-15)8-17(22)21-16-9-13(6-7-18-16)14-10-19-20-11-14/h2-7,9-11H,8H2,1H3,(H,19,20)(H,18,21,22). The molecule has 0 spiro atoms. The van der Waals surface area contributed by atoms with Gasteiger partial charge in [0.25, 0.3) is 0 Å². The number of hydrogen-bond donors (Lipinski definition) is 2. The molecule has 2 N–H and O–H groups in total. The Kier molecular flexibility index (Phi) is 4.33. The Morgan fingerprint density at radius 1 is 1.22 bits per heavy atom. The van der Waals surface area contributed by atoms with Crippen molar-refractivity contribution in [1.29, 1.82) is 0 Å². The summed E-state index contributed by atoms with van der Waals surface area (Å²) in [7, 11) is 1.61. The van der Waals surface area contributed by atoms with E-state index < -0.39 is 0 Å². The van der Waals surface area contributed by atoms with Gasteiger partial charge in [-0.1, -0.05) is 12.1 Å². The van der Waals surface area contributed by atoms with Crippen LogP contribution in [-0.4, -0.2) is 28.2 Å². The summed E-state index contributed by atoms with van der Waals surface area (Å²) < 4.78 is 5.10. The highest BCUT2D eigenvalue weighted by molar-refractivity contribution is 5.91. The number of aromatic amines is 1. The first-order valence-corrected chi connectivity index (χ1v) is 7.12. The van der Waals surface area contributed by atoms with Gasteiger partial charge in [-0.25, -0.2) is 4.98 Å². The molecule has 0 saturated carbocycles. The van der Waals surface area contributed by atoms with Crippen LogP contribution < -0.4 is 10.1 Å². The van der Waals surface area contributed by atoms with Crippen LogP contribution in [0.25, 0.3) is 11.1 Å². The zero-order valence-electron chi connectivity index (χ0n) is 12.6. The number of carbonyl (C=O) groups is 1. The van der Waals surface area contributed by atoms with Gasteiger partial charge in [-0.15, -0.1) is 0 Å². The molecule has 6 heteroatoms. The van der Waals surface area contributed by atoms with Crippen molar-refractivity contribution in [3.8, 4) is 16.9 Å². The van der Waals surface area contributed by atoms with E-state index in [4.69, 9.17) is 4.74 Å². The summed E-state index contributed by atoms with van der Waals surface area (Å²) in [6, 6.07) is 11.1. The molecule has 0 saturated heterocycles. The van der Waals surface area contributed by atoms with Gasteiger partial charge >= 0.3 is 0 Å². The summed E-state index contributed by atoms with van der Waals surface area (Å²) in [4.78, 5) is 16.3. The molecular formula is C17H16N4O2. The van der Waals surface area contributed by atoms with Gasteiger partial charge in [-0.05, 0) is 35.4 Å².